The Morgan fingerprint density at radius 2 is 1.88 bits per heavy atom. The molecule has 0 aliphatic rings. The molecule has 4 aromatic rings. The molecule has 0 saturated heterocycles. The number of fused-ring (bicyclic) bond motifs is 2. The average Bonchev–Trinajstić information content (AvgIpc) is 3.10. The number of aryl methyl sites for hydroxylation is 1. The molecule has 0 radical (unpaired) electrons. The first-order valence-electron chi connectivity index (χ1n) is 11.1. The van der Waals surface area contributed by atoms with Crippen LogP contribution in [0, 0.1) is 0 Å². The molecule has 174 valence electrons. The SMILES string of the molecule is CC(C)OCCCn1c(SCCCn2c(=O)[nH]c3ccccc32)nc2cc(Cl)ccc2c1=O. The number of nitrogens with one attached hydrogen (secondary N) is 1. The van der Waals surface area contributed by atoms with Crippen molar-refractivity contribution in [3.05, 3.63) is 68.3 Å². The molecule has 0 unspecified atom stereocenters. The van der Waals surface area contributed by atoms with Crippen molar-refractivity contribution in [3.63, 3.8) is 0 Å². The third-order valence-electron chi connectivity index (χ3n) is 5.30. The zero-order valence-corrected chi connectivity index (χ0v) is 20.3. The number of hydrogen-bond donors (Lipinski definition) is 1. The monoisotopic (exact) mass is 486 g/mol. The van der Waals surface area contributed by atoms with E-state index < -0.39 is 0 Å². The van der Waals surface area contributed by atoms with Crippen LogP contribution >= 0.6 is 23.4 Å². The fraction of sp³-hybridized carbons (Fsp3) is 0.375. The summed E-state index contributed by atoms with van der Waals surface area (Å²) in [7, 11) is 0. The van der Waals surface area contributed by atoms with Crippen LogP contribution in [-0.2, 0) is 17.8 Å². The van der Waals surface area contributed by atoms with Crippen molar-refractivity contribution < 1.29 is 4.74 Å². The molecule has 0 aliphatic heterocycles. The maximum Gasteiger partial charge on any atom is 0.326 e. The molecule has 2 heterocycles. The summed E-state index contributed by atoms with van der Waals surface area (Å²) in [5, 5.41) is 1.76. The van der Waals surface area contributed by atoms with Crippen LogP contribution in [0.3, 0.4) is 0 Å². The molecule has 1 N–H and O–H groups in total. The molecule has 0 saturated carbocycles. The van der Waals surface area contributed by atoms with E-state index in [1.807, 2.05) is 38.1 Å². The summed E-state index contributed by atoms with van der Waals surface area (Å²) in [6, 6.07) is 12.8. The Hall–Kier alpha value is -2.55. The Labute approximate surface area is 200 Å². The first kappa shape index (κ1) is 23.6. The lowest BCUT2D eigenvalue weighted by atomic mass is 10.2. The van der Waals surface area contributed by atoms with Gasteiger partial charge in [0.25, 0.3) is 5.56 Å². The van der Waals surface area contributed by atoms with E-state index in [1.165, 1.54) is 11.8 Å². The van der Waals surface area contributed by atoms with Crippen LogP contribution in [0.5, 0.6) is 0 Å². The smallest absolute Gasteiger partial charge is 0.326 e. The van der Waals surface area contributed by atoms with Gasteiger partial charge in [-0.05, 0) is 57.0 Å². The van der Waals surface area contributed by atoms with Gasteiger partial charge in [0.15, 0.2) is 5.16 Å². The van der Waals surface area contributed by atoms with Gasteiger partial charge in [-0.3, -0.25) is 13.9 Å². The number of rotatable bonds is 10. The van der Waals surface area contributed by atoms with Gasteiger partial charge in [-0.25, -0.2) is 9.78 Å². The number of nitrogens with zero attached hydrogens (tertiary/aromatic N) is 3. The molecule has 0 atom stereocenters. The molecule has 0 aliphatic carbocycles. The van der Waals surface area contributed by atoms with Gasteiger partial charge in [0.1, 0.15) is 0 Å². The van der Waals surface area contributed by atoms with Crippen molar-refractivity contribution in [2.45, 2.75) is 51.0 Å². The van der Waals surface area contributed by atoms with Crippen LogP contribution in [-0.4, -0.2) is 37.6 Å². The normalized spacial score (nSPS) is 11.8. The van der Waals surface area contributed by atoms with Crippen molar-refractivity contribution >= 4 is 45.3 Å². The third kappa shape index (κ3) is 5.51. The summed E-state index contributed by atoms with van der Waals surface area (Å²) in [4.78, 5) is 33.1. The minimum Gasteiger partial charge on any atom is -0.379 e. The Balaban J connectivity index is 1.51. The number of halogens is 1. The number of imidazole rings is 1. The second-order valence-electron chi connectivity index (χ2n) is 8.09. The van der Waals surface area contributed by atoms with Gasteiger partial charge in [0.05, 0.1) is 28.0 Å². The van der Waals surface area contributed by atoms with Crippen LogP contribution in [0.15, 0.2) is 57.2 Å². The van der Waals surface area contributed by atoms with Gasteiger partial charge >= 0.3 is 5.69 Å². The van der Waals surface area contributed by atoms with Crippen molar-refractivity contribution in [1.29, 1.82) is 0 Å². The highest BCUT2D eigenvalue weighted by Gasteiger charge is 2.13. The Morgan fingerprint density at radius 1 is 1.09 bits per heavy atom. The maximum absolute atomic E-state index is 13.2. The minimum atomic E-state index is -0.110. The van der Waals surface area contributed by atoms with Crippen LogP contribution in [0.25, 0.3) is 21.9 Å². The topological polar surface area (TPSA) is 81.9 Å². The van der Waals surface area contributed by atoms with Crippen LogP contribution in [0.1, 0.15) is 26.7 Å². The maximum atomic E-state index is 13.2. The van der Waals surface area contributed by atoms with Crippen molar-refractivity contribution in [2.24, 2.45) is 0 Å². The number of hydrogen-bond acceptors (Lipinski definition) is 5. The third-order valence-corrected chi connectivity index (χ3v) is 6.60. The van der Waals surface area contributed by atoms with E-state index in [-0.39, 0.29) is 17.4 Å². The summed E-state index contributed by atoms with van der Waals surface area (Å²) in [6.45, 7) is 5.68. The highest BCUT2D eigenvalue weighted by molar-refractivity contribution is 7.99. The minimum absolute atomic E-state index is 0.0726. The molecule has 0 amide bonds. The van der Waals surface area contributed by atoms with E-state index >= 15 is 0 Å². The first-order chi connectivity index (χ1) is 15.9. The Bertz CT molecular complexity index is 1380. The van der Waals surface area contributed by atoms with E-state index in [1.54, 1.807) is 27.3 Å². The Morgan fingerprint density at radius 3 is 2.70 bits per heavy atom. The molecule has 0 fully saturated rings. The molecule has 9 heteroatoms. The van der Waals surface area contributed by atoms with E-state index in [0.29, 0.717) is 46.5 Å². The molecular weight excluding hydrogens is 460 g/mol. The molecule has 7 nitrogen and oxygen atoms in total. The fourth-order valence-electron chi connectivity index (χ4n) is 3.74. The van der Waals surface area contributed by atoms with E-state index in [9.17, 15) is 9.59 Å². The number of aromatic nitrogens is 4. The number of ether oxygens (including phenoxy) is 1. The number of para-hydroxylation sites is 2. The van der Waals surface area contributed by atoms with Gasteiger partial charge in [0, 0.05) is 30.5 Å². The van der Waals surface area contributed by atoms with Crippen molar-refractivity contribution in [1.82, 2.24) is 19.1 Å². The zero-order valence-electron chi connectivity index (χ0n) is 18.7. The number of benzene rings is 2. The summed E-state index contributed by atoms with van der Waals surface area (Å²) in [5.74, 6) is 0.715. The van der Waals surface area contributed by atoms with Gasteiger partial charge in [-0.2, -0.15) is 0 Å². The highest BCUT2D eigenvalue weighted by Crippen LogP contribution is 2.22. The van der Waals surface area contributed by atoms with Gasteiger partial charge in [-0.15, -0.1) is 0 Å². The Kier molecular flexibility index (Phi) is 7.57. The van der Waals surface area contributed by atoms with E-state index in [4.69, 9.17) is 21.3 Å². The van der Waals surface area contributed by atoms with Gasteiger partial charge in [-0.1, -0.05) is 35.5 Å². The summed E-state index contributed by atoms with van der Waals surface area (Å²) in [5.41, 5.74) is 2.14. The summed E-state index contributed by atoms with van der Waals surface area (Å²) < 4.78 is 9.11. The number of H-pyrrole nitrogens is 1. The number of aromatic amines is 1. The number of thioether (sulfide) groups is 1. The lowest BCUT2D eigenvalue weighted by molar-refractivity contribution is 0.0743. The molecule has 2 aromatic heterocycles. The standard InChI is InChI=1S/C24H27ClN4O3S/c1-16(2)32-13-5-11-29-22(30)18-10-9-17(25)15-20(18)27-24(29)33-14-6-12-28-21-8-4-3-7-19(21)26-23(28)31/h3-4,7-10,15-16H,5-6,11-14H2,1-2H3,(H,26,31). The molecule has 33 heavy (non-hydrogen) atoms. The zero-order chi connectivity index (χ0) is 23.4. The lowest BCUT2D eigenvalue weighted by Crippen LogP contribution is -2.24. The molecule has 2 aromatic carbocycles. The first-order valence-corrected chi connectivity index (χ1v) is 12.4. The quantitative estimate of drug-likeness (QED) is 0.200. The lowest BCUT2D eigenvalue weighted by Gasteiger charge is -2.14. The highest BCUT2D eigenvalue weighted by atomic mass is 35.5. The van der Waals surface area contributed by atoms with Crippen molar-refractivity contribution in [2.75, 3.05) is 12.4 Å². The second-order valence-corrected chi connectivity index (χ2v) is 9.59. The largest absolute Gasteiger partial charge is 0.379 e. The second kappa shape index (κ2) is 10.6. The molecular formula is C24H27ClN4O3S. The van der Waals surface area contributed by atoms with Crippen molar-refractivity contribution in [3.8, 4) is 0 Å². The van der Waals surface area contributed by atoms with Gasteiger partial charge < -0.3 is 9.72 Å². The van der Waals surface area contributed by atoms with Gasteiger partial charge in [0.2, 0.25) is 0 Å². The van der Waals surface area contributed by atoms with Crippen LogP contribution in [0.4, 0.5) is 0 Å². The molecule has 4 rings (SSSR count). The molecule has 0 bridgehead atoms. The average molecular weight is 487 g/mol. The predicted molar refractivity (Wildman–Crippen MR) is 135 cm³/mol. The van der Waals surface area contributed by atoms with Crippen LogP contribution < -0.4 is 11.2 Å². The van der Waals surface area contributed by atoms with E-state index in [0.717, 1.165) is 23.9 Å². The predicted octanol–water partition coefficient (Wildman–Crippen LogP) is 4.69. The summed E-state index contributed by atoms with van der Waals surface area (Å²) >= 11 is 7.66. The summed E-state index contributed by atoms with van der Waals surface area (Å²) in [6.07, 6.45) is 1.63. The molecule has 0 spiro atoms. The fourth-order valence-corrected chi connectivity index (χ4v) is 4.85. The van der Waals surface area contributed by atoms with Crippen LogP contribution in [0.2, 0.25) is 5.02 Å². The van der Waals surface area contributed by atoms with E-state index in [2.05, 4.69) is 4.98 Å².